The number of pyridine rings is 1. The van der Waals surface area contributed by atoms with Gasteiger partial charge in [0.05, 0.1) is 39.9 Å². The van der Waals surface area contributed by atoms with Gasteiger partial charge in [0.25, 0.3) is 10.8 Å². The van der Waals surface area contributed by atoms with Gasteiger partial charge in [-0.1, -0.05) is 23.5 Å². The molecule has 0 unspecified atom stereocenters. The average molecular weight is 561 g/mol. The molecule has 5 aromatic heterocycles. The molecule has 6 rings (SSSR count). The maximum absolute atomic E-state index is 14.3. The molecule has 10 nitrogen and oxygen atoms in total. The molecular weight excluding hydrogens is 538 g/mol. The highest BCUT2D eigenvalue weighted by Crippen LogP contribution is 2.38. The molecule has 0 radical (unpaired) electrons. The molecule has 5 heterocycles. The van der Waals surface area contributed by atoms with Crippen molar-refractivity contribution in [1.29, 1.82) is 0 Å². The Hall–Kier alpha value is -4.78. The van der Waals surface area contributed by atoms with Crippen LogP contribution in [-0.4, -0.2) is 40.2 Å². The van der Waals surface area contributed by atoms with Crippen molar-refractivity contribution in [3.8, 4) is 26.9 Å². The number of nitrogen functional groups attached to an aromatic ring is 1. The van der Waals surface area contributed by atoms with E-state index < -0.39 is 23.2 Å². The zero-order valence-corrected chi connectivity index (χ0v) is 22.4. The first kappa shape index (κ1) is 25.5. The maximum Gasteiger partial charge on any atom is 0.274 e. The molecule has 1 atom stereocenters. The summed E-state index contributed by atoms with van der Waals surface area (Å²) in [6.45, 7) is 5.60. The molecule has 0 spiro atoms. The third kappa shape index (κ3) is 4.33. The van der Waals surface area contributed by atoms with Crippen molar-refractivity contribution in [2.24, 2.45) is 0 Å². The number of fused-ring (bicyclic) bond motifs is 2. The number of aromatic nitrogens is 7. The summed E-state index contributed by atoms with van der Waals surface area (Å²) in [5.74, 6) is -0.926. The number of thiazole rings is 1. The smallest absolute Gasteiger partial charge is 0.274 e. The number of hydrogen-bond acceptors (Lipinski definition) is 9. The maximum atomic E-state index is 14.3. The molecule has 0 amide bonds. The molecule has 0 aliphatic rings. The summed E-state index contributed by atoms with van der Waals surface area (Å²) in [4.78, 5) is 32.1. The summed E-state index contributed by atoms with van der Waals surface area (Å²) >= 11 is 1.30. The van der Waals surface area contributed by atoms with E-state index in [1.165, 1.54) is 48.0 Å². The Morgan fingerprint density at radius 3 is 2.65 bits per heavy atom. The van der Waals surface area contributed by atoms with Crippen molar-refractivity contribution >= 4 is 33.8 Å². The molecular formula is C27H22F2N8O2S. The van der Waals surface area contributed by atoms with Crippen molar-refractivity contribution in [3.05, 3.63) is 82.8 Å². The summed E-state index contributed by atoms with van der Waals surface area (Å²) in [5.41, 5.74) is 7.54. The van der Waals surface area contributed by atoms with Crippen LogP contribution in [0.5, 0.6) is 5.19 Å². The molecule has 0 aliphatic carbocycles. The highest BCUT2D eigenvalue weighted by atomic mass is 32.1. The van der Waals surface area contributed by atoms with E-state index in [4.69, 9.17) is 20.6 Å². The van der Waals surface area contributed by atoms with Crippen LogP contribution in [0, 0.1) is 11.6 Å². The largest absolute Gasteiger partial charge is 0.467 e. The van der Waals surface area contributed by atoms with Crippen LogP contribution in [-0.2, 0) is 0 Å². The summed E-state index contributed by atoms with van der Waals surface area (Å²) < 4.78 is 36.8. The molecule has 202 valence electrons. The fourth-order valence-corrected chi connectivity index (χ4v) is 5.40. The predicted octanol–water partition coefficient (Wildman–Crippen LogP) is 4.88. The van der Waals surface area contributed by atoms with E-state index in [2.05, 4.69) is 15.0 Å². The van der Waals surface area contributed by atoms with Gasteiger partial charge < -0.3 is 10.5 Å². The van der Waals surface area contributed by atoms with Gasteiger partial charge in [0.1, 0.15) is 35.1 Å². The SMILES string of the molecule is CC(C)Oc1ncc(-c2nn([C@H](C)c3nc4ccc(F)cn4c(=O)c3-c3cccc(F)c3)c3ncnc(N)c23)s1. The molecule has 0 fully saturated rings. The standard InChI is InChI=1S/C27H22F2N8O2S/c1-13(2)39-27-31-10-18(40-27)23-21-24(30)32-12-33-25(21)37(35-23)14(3)22-20(15-5-4-6-16(28)9-15)26(38)36-11-17(29)7-8-19(36)34-22/h4-14H,1-3H3,(H2,30,32,33)/t14-/m1/s1. The first-order valence-electron chi connectivity index (χ1n) is 12.3. The minimum Gasteiger partial charge on any atom is -0.467 e. The van der Waals surface area contributed by atoms with E-state index in [0.717, 1.165) is 10.6 Å². The fourth-order valence-electron chi connectivity index (χ4n) is 4.53. The van der Waals surface area contributed by atoms with Gasteiger partial charge in [0, 0.05) is 6.20 Å². The lowest BCUT2D eigenvalue weighted by Gasteiger charge is -2.18. The van der Waals surface area contributed by atoms with E-state index in [-0.39, 0.29) is 23.1 Å². The Bertz CT molecular complexity index is 1970. The Labute approximate surface area is 229 Å². The lowest BCUT2D eigenvalue weighted by atomic mass is 10.0. The molecule has 40 heavy (non-hydrogen) atoms. The number of anilines is 1. The Morgan fingerprint density at radius 2 is 1.88 bits per heavy atom. The number of rotatable bonds is 6. The molecule has 0 bridgehead atoms. The van der Waals surface area contributed by atoms with Crippen LogP contribution in [0.15, 0.2) is 59.9 Å². The van der Waals surface area contributed by atoms with Gasteiger partial charge in [0.15, 0.2) is 5.65 Å². The highest BCUT2D eigenvalue weighted by Gasteiger charge is 2.27. The molecule has 0 saturated carbocycles. The van der Waals surface area contributed by atoms with E-state index in [1.807, 2.05) is 13.8 Å². The monoisotopic (exact) mass is 560 g/mol. The number of nitrogens with zero attached hydrogens (tertiary/aromatic N) is 7. The normalized spacial score (nSPS) is 12.4. The zero-order chi connectivity index (χ0) is 28.1. The second-order valence-corrected chi connectivity index (χ2v) is 10.3. The van der Waals surface area contributed by atoms with Crippen molar-refractivity contribution < 1.29 is 13.5 Å². The van der Waals surface area contributed by atoms with E-state index >= 15 is 0 Å². The zero-order valence-electron chi connectivity index (χ0n) is 21.5. The summed E-state index contributed by atoms with van der Waals surface area (Å²) in [6, 6.07) is 7.54. The van der Waals surface area contributed by atoms with E-state index in [1.54, 1.807) is 23.9 Å². The first-order valence-corrected chi connectivity index (χ1v) is 13.1. The number of hydrogen-bond donors (Lipinski definition) is 1. The summed E-state index contributed by atoms with van der Waals surface area (Å²) in [7, 11) is 0. The van der Waals surface area contributed by atoms with Crippen LogP contribution in [0.3, 0.4) is 0 Å². The molecule has 6 aromatic rings. The second-order valence-electron chi connectivity index (χ2n) is 9.35. The topological polar surface area (TPSA) is 126 Å². The van der Waals surface area contributed by atoms with Crippen LogP contribution in [0.2, 0.25) is 0 Å². The summed E-state index contributed by atoms with van der Waals surface area (Å²) in [6.07, 6.45) is 3.96. The average Bonchev–Trinajstić information content (AvgIpc) is 3.53. The van der Waals surface area contributed by atoms with Gasteiger partial charge in [-0.2, -0.15) is 5.10 Å². The van der Waals surface area contributed by atoms with Gasteiger partial charge >= 0.3 is 0 Å². The van der Waals surface area contributed by atoms with Crippen molar-refractivity contribution in [3.63, 3.8) is 0 Å². The van der Waals surface area contributed by atoms with Gasteiger partial charge in [-0.05, 0) is 50.6 Å². The van der Waals surface area contributed by atoms with Crippen LogP contribution in [0.25, 0.3) is 38.4 Å². The van der Waals surface area contributed by atoms with Gasteiger partial charge in [-0.25, -0.2) is 33.4 Å². The van der Waals surface area contributed by atoms with Gasteiger partial charge in [-0.15, -0.1) is 0 Å². The van der Waals surface area contributed by atoms with Crippen LogP contribution < -0.4 is 16.0 Å². The van der Waals surface area contributed by atoms with E-state index in [9.17, 15) is 13.6 Å². The Morgan fingerprint density at radius 1 is 1.05 bits per heavy atom. The predicted molar refractivity (Wildman–Crippen MR) is 147 cm³/mol. The molecule has 1 aromatic carbocycles. The van der Waals surface area contributed by atoms with Crippen LogP contribution >= 0.6 is 11.3 Å². The van der Waals surface area contributed by atoms with Crippen molar-refractivity contribution in [1.82, 2.24) is 34.1 Å². The quantitative estimate of drug-likeness (QED) is 0.305. The van der Waals surface area contributed by atoms with Crippen molar-refractivity contribution in [2.75, 3.05) is 5.73 Å². The lowest BCUT2D eigenvalue weighted by molar-refractivity contribution is 0.241. The molecule has 0 saturated heterocycles. The number of halogens is 2. The van der Waals surface area contributed by atoms with Crippen molar-refractivity contribution in [2.45, 2.75) is 32.9 Å². The molecule has 2 N–H and O–H groups in total. The van der Waals surface area contributed by atoms with E-state index in [0.29, 0.717) is 38.1 Å². The fraction of sp³-hybridized carbons (Fsp3) is 0.185. The minimum atomic E-state index is -0.689. The third-order valence-corrected chi connectivity index (χ3v) is 7.16. The van der Waals surface area contributed by atoms with Crippen LogP contribution in [0.4, 0.5) is 14.6 Å². The third-order valence-electron chi connectivity index (χ3n) is 6.26. The number of benzene rings is 1. The summed E-state index contributed by atoms with van der Waals surface area (Å²) in [5, 5.41) is 5.81. The first-order chi connectivity index (χ1) is 19.2. The Kier molecular flexibility index (Phi) is 6.22. The second kappa shape index (κ2) is 9.75. The van der Waals surface area contributed by atoms with Gasteiger partial charge in [-0.3, -0.25) is 9.20 Å². The highest BCUT2D eigenvalue weighted by molar-refractivity contribution is 7.16. The Balaban J connectivity index is 1.60. The molecule has 13 heteroatoms. The van der Waals surface area contributed by atoms with Crippen LogP contribution in [0.1, 0.15) is 32.5 Å². The minimum absolute atomic E-state index is 0.0606. The molecule has 0 aliphatic heterocycles. The number of ether oxygens (including phenoxy) is 1. The lowest BCUT2D eigenvalue weighted by Crippen LogP contribution is -2.23. The van der Waals surface area contributed by atoms with Gasteiger partial charge in [0.2, 0.25) is 0 Å². The number of nitrogens with two attached hydrogens (primary N) is 1.